The molecule has 3 aromatic rings. The van der Waals surface area contributed by atoms with E-state index in [2.05, 4.69) is 4.98 Å². The molecule has 0 aliphatic rings. The number of hydrogen-bond donors (Lipinski definition) is 1. The Hall–Kier alpha value is -2.24. The highest BCUT2D eigenvalue weighted by Gasteiger charge is 2.10. The van der Waals surface area contributed by atoms with E-state index in [9.17, 15) is 4.79 Å². The maximum Gasteiger partial charge on any atom is 0.338 e. The predicted molar refractivity (Wildman–Crippen MR) is 85.2 cm³/mol. The number of carbonyl (C=O) groups is 1. The maximum atomic E-state index is 12.0. The molecule has 22 heavy (non-hydrogen) atoms. The maximum absolute atomic E-state index is 12.0. The van der Waals surface area contributed by atoms with Gasteiger partial charge in [-0.2, -0.15) is 0 Å². The van der Waals surface area contributed by atoms with Crippen molar-refractivity contribution in [1.29, 1.82) is 0 Å². The van der Waals surface area contributed by atoms with Crippen LogP contribution in [0.25, 0.3) is 5.65 Å². The molecule has 5 nitrogen and oxygen atoms in total. The number of rotatable bonds is 3. The molecule has 0 bridgehead atoms. The third-order valence-corrected chi connectivity index (χ3v) is 3.62. The molecular weight excluding hydrogens is 325 g/mol. The minimum absolute atomic E-state index is 0.0562. The number of nitrogen functional groups attached to an aromatic ring is 1. The van der Waals surface area contributed by atoms with Crippen LogP contribution in [0.1, 0.15) is 16.1 Å². The Morgan fingerprint density at radius 1 is 1.23 bits per heavy atom. The summed E-state index contributed by atoms with van der Waals surface area (Å²) in [6.07, 6.45) is 3.49. The number of hydrogen-bond acceptors (Lipinski definition) is 4. The van der Waals surface area contributed by atoms with E-state index >= 15 is 0 Å². The van der Waals surface area contributed by atoms with Crippen molar-refractivity contribution in [3.05, 3.63) is 64.0 Å². The zero-order chi connectivity index (χ0) is 15.7. The number of aromatic nitrogens is 2. The topological polar surface area (TPSA) is 69.6 Å². The van der Waals surface area contributed by atoms with Crippen LogP contribution in [0.3, 0.4) is 0 Å². The lowest BCUT2D eigenvalue weighted by Crippen LogP contribution is -2.06. The minimum Gasteiger partial charge on any atom is -0.456 e. The first-order valence-corrected chi connectivity index (χ1v) is 7.14. The first-order valence-electron chi connectivity index (χ1n) is 6.38. The smallest absolute Gasteiger partial charge is 0.338 e. The Balaban J connectivity index is 1.72. The third kappa shape index (κ3) is 3.00. The fraction of sp³-hybridized carbons (Fsp3) is 0.0667. The van der Waals surface area contributed by atoms with E-state index in [4.69, 9.17) is 33.7 Å². The second kappa shape index (κ2) is 5.87. The molecule has 0 aliphatic carbocycles. The van der Waals surface area contributed by atoms with Gasteiger partial charge in [0.05, 0.1) is 27.0 Å². The summed E-state index contributed by atoms with van der Waals surface area (Å²) in [6.45, 7) is 0.0562. The van der Waals surface area contributed by atoms with Crippen molar-refractivity contribution in [2.45, 2.75) is 6.61 Å². The van der Waals surface area contributed by atoms with Crippen LogP contribution >= 0.6 is 23.2 Å². The van der Waals surface area contributed by atoms with Crippen LogP contribution in [-0.4, -0.2) is 15.4 Å². The summed E-state index contributed by atoms with van der Waals surface area (Å²) in [5, 5.41) is 0.999. The van der Waals surface area contributed by atoms with Crippen LogP contribution in [-0.2, 0) is 11.3 Å². The van der Waals surface area contributed by atoms with E-state index in [1.807, 2.05) is 0 Å². The van der Waals surface area contributed by atoms with Gasteiger partial charge in [-0.3, -0.25) is 0 Å². The van der Waals surface area contributed by atoms with Gasteiger partial charge in [-0.1, -0.05) is 23.2 Å². The van der Waals surface area contributed by atoms with E-state index in [0.717, 1.165) is 5.65 Å². The Bertz CT molecular complexity index is 861. The van der Waals surface area contributed by atoms with Gasteiger partial charge in [0, 0.05) is 12.4 Å². The molecule has 3 rings (SSSR count). The first-order chi connectivity index (χ1) is 10.5. The SMILES string of the molecule is Nc1cc(C(=O)OCc2cn3cc(Cl)ccc3n2)ccc1Cl. The van der Waals surface area contributed by atoms with Gasteiger partial charge in [-0.25, -0.2) is 9.78 Å². The van der Waals surface area contributed by atoms with Gasteiger partial charge in [0.25, 0.3) is 0 Å². The van der Waals surface area contributed by atoms with E-state index in [1.54, 1.807) is 41.1 Å². The summed E-state index contributed by atoms with van der Waals surface area (Å²) in [5.41, 5.74) is 7.69. The van der Waals surface area contributed by atoms with Crippen molar-refractivity contribution < 1.29 is 9.53 Å². The van der Waals surface area contributed by atoms with Crippen molar-refractivity contribution in [2.75, 3.05) is 5.73 Å². The highest BCUT2D eigenvalue weighted by molar-refractivity contribution is 6.33. The van der Waals surface area contributed by atoms with Crippen molar-refractivity contribution in [2.24, 2.45) is 0 Å². The first kappa shape index (κ1) is 14.7. The average molecular weight is 336 g/mol. The summed E-state index contributed by atoms with van der Waals surface area (Å²) in [5.74, 6) is -0.488. The van der Waals surface area contributed by atoms with Gasteiger partial charge in [0.2, 0.25) is 0 Å². The number of imidazole rings is 1. The molecule has 2 N–H and O–H groups in total. The lowest BCUT2D eigenvalue weighted by Gasteiger charge is -2.04. The largest absolute Gasteiger partial charge is 0.456 e. The van der Waals surface area contributed by atoms with Crippen molar-refractivity contribution >= 4 is 40.5 Å². The molecule has 0 spiro atoms. The lowest BCUT2D eigenvalue weighted by molar-refractivity contribution is 0.0468. The molecule has 0 unspecified atom stereocenters. The van der Waals surface area contributed by atoms with Gasteiger partial charge in [0.15, 0.2) is 0 Å². The molecule has 0 radical (unpaired) electrons. The Morgan fingerprint density at radius 2 is 2.05 bits per heavy atom. The number of fused-ring (bicyclic) bond motifs is 1. The summed E-state index contributed by atoms with van der Waals surface area (Å²) in [7, 11) is 0. The Kier molecular flexibility index (Phi) is 3.92. The number of anilines is 1. The van der Waals surface area contributed by atoms with E-state index in [1.165, 1.54) is 6.07 Å². The van der Waals surface area contributed by atoms with Crippen LogP contribution in [0.4, 0.5) is 5.69 Å². The number of nitrogens with two attached hydrogens (primary N) is 1. The third-order valence-electron chi connectivity index (χ3n) is 3.05. The quantitative estimate of drug-likeness (QED) is 0.586. The molecule has 1 aromatic carbocycles. The molecule has 0 aliphatic heterocycles. The van der Waals surface area contributed by atoms with Crippen molar-refractivity contribution in [3.63, 3.8) is 0 Å². The molecule has 2 aromatic heterocycles. The van der Waals surface area contributed by atoms with Crippen LogP contribution in [0.2, 0.25) is 10.0 Å². The zero-order valence-electron chi connectivity index (χ0n) is 11.3. The fourth-order valence-corrected chi connectivity index (χ4v) is 2.27. The molecule has 7 heteroatoms. The van der Waals surface area contributed by atoms with Crippen molar-refractivity contribution in [1.82, 2.24) is 9.38 Å². The van der Waals surface area contributed by atoms with Gasteiger partial charge >= 0.3 is 5.97 Å². The molecule has 0 saturated heterocycles. The normalized spacial score (nSPS) is 10.8. The van der Waals surface area contributed by atoms with Crippen LogP contribution in [0.5, 0.6) is 0 Å². The Labute approximate surface area is 136 Å². The molecular formula is C15H11Cl2N3O2. The monoisotopic (exact) mass is 335 g/mol. The average Bonchev–Trinajstić information content (AvgIpc) is 2.89. The highest BCUT2D eigenvalue weighted by atomic mass is 35.5. The van der Waals surface area contributed by atoms with E-state index < -0.39 is 5.97 Å². The Morgan fingerprint density at radius 3 is 2.82 bits per heavy atom. The molecule has 0 amide bonds. The van der Waals surface area contributed by atoms with Gasteiger partial charge in [-0.15, -0.1) is 0 Å². The van der Waals surface area contributed by atoms with Gasteiger partial charge < -0.3 is 14.9 Å². The van der Waals surface area contributed by atoms with E-state index in [-0.39, 0.29) is 6.61 Å². The van der Waals surface area contributed by atoms with Gasteiger partial charge in [0.1, 0.15) is 12.3 Å². The summed E-state index contributed by atoms with van der Waals surface area (Å²) < 4.78 is 6.99. The molecule has 0 saturated carbocycles. The summed E-state index contributed by atoms with van der Waals surface area (Å²) in [6, 6.07) is 8.13. The van der Waals surface area contributed by atoms with Crippen LogP contribution in [0.15, 0.2) is 42.7 Å². The minimum atomic E-state index is -0.488. The molecule has 0 atom stereocenters. The second-order valence-electron chi connectivity index (χ2n) is 4.66. The molecule has 0 fully saturated rings. The highest BCUT2D eigenvalue weighted by Crippen LogP contribution is 2.20. The number of pyridine rings is 1. The molecule has 2 heterocycles. The predicted octanol–water partition coefficient (Wildman–Crippen LogP) is 3.58. The fourth-order valence-electron chi connectivity index (χ4n) is 1.98. The summed E-state index contributed by atoms with van der Waals surface area (Å²) in [4.78, 5) is 16.3. The zero-order valence-corrected chi connectivity index (χ0v) is 12.8. The number of benzene rings is 1. The number of carbonyl (C=O) groups excluding carboxylic acids is 1. The lowest BCUT2D eigenvalue weighted by atomic mass is 10.2. The number of nitrogens with zero attached hydrogens (tertiary/aromatic N) is 2. The van der Waals surface area contributed by atoms with Gasteiger partial charge in [-0.05, 0) is 30.3 Å². The van der Waals surface area contributed by atoms with Crippen LogP contribution in [0, 0.1) is 0 Å². The number of esters is 1. The number of halogens is 2. The number of ether oxygens (including phenoxy) is 1. The van der Waals surface area contributed by atoms with Crippen molar-refractivity contribution in [3.8, 4) is 0 Å². The second-order valence-corrected chi connectivity index (χ2v) is 5.50. The summed E-state index contributed by atoms with van der Waals surface area (Å²) >= 11 is 11.7. The van der Waals surface area contributed by atoms with E-state index in [0.29, 0.717) is 27.0 Å². The molecule has 112 valence electrons. The standard InChI is InChI=1S/C15H11Cl2N3O2/c16-10-2-4-14-19-11(7-20(14)6-10)8-22-15(21)9-1-3-12(17)13(18)5-9/h1-7H,8,18H2. The van der Waals surface area contributed by atoms with Crippen LogP contribution < -0.4 is 5.73 Å².